The summed E-state index contributed by atoms with van der Waals surface area (Å²) in [5.74, 6) is 0.945. The van der Waals surface area contributed by atoms with Gasteiger partial charge in [0.15, 0.2) is 18.1 Å². The van der Waals surface area contributed by atoms with Crippen molar-refractivity contribution >= 4 is 23.6 Å². The van der Waals surface area contributed by atoms with Crippen molar-refractivity contribution in [3.63, 3.8) is 0 Å². The van der Waals surface area contributed by atoms with Gasteiger partial charge in [-0.25, -0.2) is 4.79 Å². The molecule has 2 N–H and O–H groups in total. The molecule has 0 atom stereocenters. The van der Waals surface area contributed by atoms with Crippen molar-refractivity contribution in [3.8, 4) is 11.5 Å². The SMILES string of the molecule is C=CCc1ccc(OCC(=O)NC2(C(=O)O)CCSCC2)c(OC)c1. The predicted molar refractivity (Wildman–Crippen MR) is 97.5 cm³/mol. The number of amides is 1. The summed E-state index contributed by atoms with van der Waals surface area (Å²) in [5.41, 5.74) is -0.169. The van der Waals surface area contributed by atoms with Gasteiger partial charge < -0.3 is 19.9 Å². The molecule has 1 aliphatic rings. The third-order valence-electron chi connectivity index (χ3n) is 4.10. The summed E-state index contributed by atoms with van der Waals surface area (Å²) in [4.78, 5) is 23.8. The van der Waals surface area contributed by atoms with E-state index in [2.05, 4.69) is 11.9 Å². The van der Waals surface area contributed by atoms with Gasteiger partial charge in [-0.2, -0.15) is 11.8 Å². The Labute approximate surface area is 151 Å². The van der Waals surface area contributed by atoms with E-state index in [9.17, 15) is 14.7 Å². The molecule has 1 amide bonds. The van der Waals surface area contributed by atoms with Crippen LogP contribution in [0.5, 0.6) is 11.5 Å². The van der Waals surface area contributed by atoms with E-state index in [1.54, 1.807) is 23.9 Å². The summed E-state index contributed by atoms with van der Waals surface area (Å²) < 4.78 is 10.8. The molecule has 0 saturated carbocycles. The lowest BCUT2D eigenvalue weighted by Gasteiger charge is -2.33. The number of hydrogen-bond acceptors (Lipinski definition) is 5. The molecule has 25 heavy (non-hydrogen) atoms. The van der Waals surface area contributed by atoms with Crippen molar-refractivity contribution in [1.82, 2.24) is 5.32 Å². The molecule has 0 aromatic heterocycles. The Morgan fingerprint density at radius 2 is 2.08 bits per heavy atom. The van der Waals surface area contributed by atoms with Crippen molar-refractivity contribution in [2.45, 2.75) is 24.8 Å². The van der Waals surface area contributed by atoms with Crippen LogP contribution in [0, 0.1) is 0 Å². The third kappa shape index (κ3) is 4.92. The molecule has 1 fully saturated rings. The molecule has 1 heterocycles. The Morgan fingerprint density at radius 1 is 1.36 bits per heavy atom. The minimum Gasteiger partial charge on any atom is -0.493 e. The summed E-state index contributed by atoms with van der Waals surface area (Å²) in [5, 5.41) is 12.1. The number of carbonyl (C=O) groups excluding carboxylic acids is 1. The molecule has 2 rings (SSSR count). The number of carboxylic acids is 1. The third-order valence-corrected chi connectivity index (χ3v) is 5.09. The van der Waals surface area contributed by atoms with Crippen LogP contribution in [-0.2, 0) is 16.0 Å². The van der Waals surface area contributed by atoms with Gasteiger partial charge in [-0.1, -0.05) is 12.1 Å². The molecule has 136 valence electrons. The zero-order chi connectivity index (χ0) is 18.3. The van der Waals surface area contributed by atoms with Crippen LogP contribution in [-0.4, -0.2) is 47.7 Å². The lowest BCUT2D eigenvalue weighted by atomic mass is 9.92. The number of ether oxygens (including phenoxy) is 2. The van der Waals surface area contributed by atoms with Gasteiger partial charge in [0.2, 0.25) is 0 Å². The normalized spacial score (nSPS) is 15.9. The van der Waals surface area contributed by atoms with Crippen LogP contribution in [0.2, 0.25) is 0 Å². The first-order chi connectivity index (χ1) is 12.0. The van der Waals surface area contributed by atoms with Crippen LogP contribution in [0.15, 0.2) is 30.9 Å². The fourth-order valence-electron chi connectivity index (χ4n) is 2.68. The van der Waals surface area contributed by atoms with Gasteiger partial charge in [0.25, 0.3) is 5.91 Å². The lowest BCUT2D eigenvalue weighted by molar-refractivity contribution is -0.148. The molecule has 1 aromatic carbocycles. The van der Waals surface area contributed by atoms with E-state index in [4.69, 9.17) is 9.47 Å². The number of carboxylic acid groups (broad SMARTS) is 1. The quantitative estimate of drug-likeness (QED) is 0.688. The fraction of sp³-hybridized carbons (Fsp3) is 0.444. The average molecular weight is 365 g/mol. The molecule has 0 unspecified atom stereocenters. The topological polar surface area (TPSA) is 84.9 Å². The fourth-order valence-corrected chi connectivity index (χ4v) is 3.87. The molecule has 1 aromatic rings. The molecule has 7 heteroatoms. The number of allylic oxidation sites excluding steroid dienone is 1. The second-order valence-corrected chi connectivity index (χ2v) is 7.04. The standard InChI is InChI=1S/C18H23NO5S/c1-3-4-13-5-6-14(15(11-13)23-2)24-12-16(20)19-18(17(21)22)7-9-25-10-8-18/h3,5-6,11H,1,4,7-10,12H2,2H3,(H,19,20)(H,21,22). The number of carbonyl (C=O) groups is 2. The number of nitrogens with one attached hydrogen (secondary N) is 1. The molecule has 0 radical (unpaired) electrons. The molecular formula is C18H23NO5S. The number of methoxy groups -OCH3 is 1. The molecule has 1 saturated heterocycles. The molecule has 6 nitrogen and oxygen atoms in total. The first kappa shape index (κ1) is 19.2. The van der Waals surface area contributed by atoms with Gasteiger partial charge >= 0.3 is 5.97 Å². The van der Waals surface area contributed by atoms with Crippen molar-refractivity contribution in [1.29, 1.82) is 0 Å². The Kier molecular flexibility index (Phi) is 6.75. The summed E-state index contributed by atoms with van der Waals surface area (Å²) in [6.45, 7) is 3.43. The Morgan fingerprint density at radius 3 is 2.68 bits per heavy atom. The van der Waals surface area contributed by atoms with Crippen LogP contribution in [0.25, 0.3) is 0 Å². The van der Waals surface area contributed by atoms with Crippen molar-refractivity contribution < 1.29 is 24.2 Å². The minimum absolute atomic E-state index is 0.265. The number of hydrogen-bond donors (Lipinski definition) is 2. The van der Waals surface area contributed by atoms with E-state index in [0.717, 1.165) is 5.56 Å². The monoisotopic (exact) mass is 365 g/mol. The lowest BCUT2D eigenvalue weighted by Crippen LogP contribution is -2.57. The van der Waals surface area contributed by atoms with Crippen LogP contribution in [0.4, 0.5) is 0 Å². The summed E-state index contributed by atoms with van der Waals surface area (Å²) in [6.07, 6.45) is 3.32. The number of rotatable bonds is 8. The van der Waals surface area contributed by atoms with Crippen LogP contribution in [0.1, 0.15) is 18.4 Å². The molecule has 0 bridgehead atoms. The van der Waals surface area contributed by atoms with E-state index in [1.165, 1.54) is 7.11 Å². The van der Waals surface area contributed by atoms with Crippen molar-refractivity contribution in [2.24, 2.45) is 0 Å². The predicted octanol–water partition coefficient (Wildman–Crippen LogP) is 2.27. The minimum atomic E-state index is -1.19. The van der Waals surface area contributed by atoms with E-state index >= 15 is 0 Å². The molecule has 1 aliphatic heterocycles. The highest BCUT2D eigenvalue weighted by atomic mass is 32.2. The van der Waals surface area contributed by atoms with Gasteiger partial charge in [0.05, 0.1) is 7.11 Å². The maximum Gasteiger partial charge on any atom is 0.329 e. The van der Waals surface area contributed by atoms with E-state index in [-0.39, 0.29) is 6.61 Å². The Hall–Kier alpha value is -2.15. The maximum atomic E-state index is 12.2. The first-order valence-electron chi connectivity index (χ1n) is 8.03. The average Bonchev–Trinajstić information content (AvgIpc) is 2.61. The molecule has 0 spiro atoms. The number of benzene rings is 1. The summed E-state index contributed by atoms with van der Waals surface area (Å²) in [7, 11) is 1.53. The highest BCUT2D eigenvalue weighted by Crippen LogP contribution is 2.29. The smallest absolute Gasteiger partial charge is 0.329 e. The number of thioether (sulfide) groups is 1. The largest absolute Gasteiger partial charge is 0.493 e. The summed E-state index contributed by atoms with van der Waals surface area (Å²) in [6, 6.07) is 5.43. The highest BCUT2D eigenvalue weighted by Gasteiger charge is 2.41. The Balaban J connectivity index is 1.99. The van der Waals surface area contributed by atoms with Crippen molar-refractivity contribution in [3.05, 3.63) is 36.4 Å². The number of aliphatic carboxylic acids is 1. The summed E-state index contributed by atoms with van der Waals surface area (Å²) >= 11 is 1.69. The van der Waals surface area contributed by atoms with Crippen LogP contribution in [0.3, 0.4) is 0 Å². The first-order valence-corrected chi connectivity index (χ1v) is 9.19. The molecule has 0 aliphatic carbocycles. The van der Waals surface area contributed by atoms with Gasteiger partial charge in [-0.05, 0) is 48.5 Å². The second-order valence-electron chi connectivity index (χ2n) is 5.81. The van der Waals surface area contributed by atoms with E-state index < -0.39 is 17.4 Å². The zero-order valence-corrected chi connectivity index (χ0v) is 15.1. The zero-order valence-electron chi connectivity index (χ0n) is 14.2. The van der Waals surface area contributed by atoms with E-state index in [1.807, 2.05) is 12.1 Å². The van der Waals surface area contributed by atoms with Gasteiger partial charge in [0.1, 0.15) is 5.54 Å². The van der Waals surface area contributed by atoms with Crippen LogP contribution < -0.4 is 14.8 Å². The van der Waals surface area contributed by atoms with Gasteiger partial charge in [-0.15, -0.1) is 6.58 Å². The van der Waals surface area contributed by atoms with Gasteiger partial charge in [-0.3, -0.25) is 4.79 Å². The van der Waals surface area contributed by atoms with E-state index in [0.29, 0.717) is 42.3 Å². The van der Waals surface area contributed by atoms with Crippen molar-refractivity contribution in [2.75, 3.05) is 25.2 Å². The maximum absolute atomic E-state index is 12.2. The highest BCUT2D eigenvalue weighted by molar-refractivity contribution is 7.99. The molecular weight excluding hydrogens is 342 g/mol. The van der Waals surface area contributed by atoms with Gasteiger partial charge in [0, 0.05) is 0 Å². The second kappa shape index (κ2) is 8.80. The van der Waals surface area contributed by atoms with Crippen LogP contribution >= 0.6 is 11.8 Å². The Bertz CT molecular complexity index is 640.